The van der Waals surface area contributed by atoms with Gasteiger partial charge in [0.25, 0.3) is 0 Å². The predicted octanol–water partition coefficient (Wildman–Crippen LogP) is 1.33. The summed E-state index contributed by atoms with van der Waals surface area (Å²) in [6.07, 6.45) is -0.0570. The van der Waals surface area contributed by atoms with Crippen LogP contribution >= 0.6 is 11.3 Å². The Labute approximate surface area is 127 Å². The molecule has 1 rings (SSSR count). The first-order chi connectivity index (χ1) is 9.70. The molecule has 0 saturated heterocycles. The first kappa shape index (κ1) is 17.6. The highest BCUT2D eigenvalue weighted by molar-refractivity contribution is 7.89. The van der Waals surface area contributed by atoms with Gasteiger partial charge in [0.2, 0.25) is 10.0 Å². The molecule has 9 heteroatoms. The number of aryl methyl sites for hydroxylation is 1. The Balaban J connectivity index is 2.90. The average Bonchev–Trinajstić information content (AvgIpc) is 2.79. The van der Waals surface area contributed by atoms with Gasteiger partial charge in [-0.3, -0.25) is 4.79 Å². The summed E-state index contributed by atoms with van der Waals surface area (Å²) in [4.78, 5) is 22.5. The van der Waals surface area contributed by atoms with Gasteiger partial charge in [-0.2, -0.15) is 0 Å². The lowest BCUT2D eigenvalue weighted by molar-refractivity contribution is -0.143. The van der Waals surface area contributed by atoms with Crippen LogP contribution in [0.1, 0.15) is 27.9 Å². The summed E-state index contributed by atoms with van der Waals surface area (Å²) in [7, 11) is -2.48. The Hall–Kier alpha value is -1.45. The second-order valence-electron chi connectivity index (χ2n) is 4.22. The van der Waals surface area contributed by atoms with E-state index >= 15 is 0 Å². The van der Waals surface area contributed by atoms with E-state index < -0.39 is 22.0 Å². The van der Waals surface area contributed by atoms with Gasteiger partial charge in [-0.25, -0.2) is 17.5 Å². The van der Waals surface area contributed by atoms with Crippen molar-refractivity contribution < 1.29 is 27.9 Å². The van der Waals surface area contributed by atoms with E-state index in [-0.39, 0.29) is 29.3 Å². The molecule has 0 fully saturated rings. The Morgan fingerprint density at radius 3 is 2.52 bits per heavy atom. The Bertz CT molecular complexity index is 634. The maximum absolute atomic E-state index is 12.3. The number of thiophene rings is 1. The number of carboxylic acid groups (broad SMARTS) is 1. The van der Waals surface area contributed by atoms with Crippen LogP contribution in [0.15, 0.2) is 11.0 Å². The van der Waals surface area contributed by atoms with E-state index in [1.807, 2.05) is 0 Å². The topological polar surface area (TPSA) is 101 Å². The lowest BCUT2D eigenvalue weighted by Crippen LogP contribution is -2.29. The molecule has 0 spiro atoms. The predicted molar refractivity (Wildman–Crippen MR) is 77.1 cm³/mol. The van der Waals surface area contributed by atoms with Crippen LogP contribution in [0.4, 0.5) is 0 Å². The molecule has 0 saturated carbocycles. The zero-order valence-corrected chi connectivity index (χ0v) is 13.6. The molecule has 21 heavy (non-hydrogen) atoms. The van der Waals surface area contributed by atoms with Gasteiger partial charge in [0.1, 0.15) is 4.88 Å². The molecule has 1 aromatic rings. The van der Waals surface area contributed by atoms with Gasteiger partial charge >= 0.3 is 11.9 Å². The van der Waals surface area contributed by atoms with Gasteiger partial charge in [0.15, 0.2) is 0 Å². The molecular formula is C12H17NO6S2. The van der Waals surface area contributed by atoms with Crippen molar-refractivity contribution in [2.75, 3.05) is 20.2 Å². The van der Waals surface area contributed by atoms with Crippen molar-refractivity contribution in [2.45, 2.75) is 25.2 Å². The second kappa shape index (κ2) is 7.01. The Morgan fingerprint density at radius 2 is 2.05 bits per heavy atom. The minimum atomic E-state index is -3.82. The van der Waals surface area contributed by atoms with Crippen LogP contribution in [0, 0.1) is 6.92 Å². The maximum atomic E-state index is 12.3. The lowest BCUT2D eigenvalue weighted by atomic mass is 10.4. The second-order valence-corrected chi connectivity index (χ2v) is 7.49. The van der Waals surface area contributed by atoms with Crippen molar-refractivity contribution in [3.8, 4) is 0 Å². The van der Waals surface area contributed by atoms with E-state index in [1.165, 1.54) is 7.05 Å². The van der Waals surface area contributed by atoms with Crippen LogP contribution in [-0.4, -0.2) is 50.0 Å². The zero-order chi connectivity index (χ0) is 16.2. The van der Waals surface area contributed by atoms with Gasteiger partial charge < -0.3 is 9.84 Å². The first-order valence-electron chi connectivity index (χ1n) is 6.15. The normalized spacial score (nSPS) is 11.6. The Kier molecular flexibility index (Phi) is 5.87. The minimum Gasteiger partial charge on any atom is -0.477 e. The minimum absolute atomic E-state index is 0.0289. The molecule has 0 bridgehead atoms. The van der Waals surface area contributed by atoms with Gasteiger partial charge in [-0.05, 0) is 19.9 Å². The molecular weight excluding hydrogens is 318 g/mol. The number of nitrogens with zero attached hydrogens (tertiary/aromatic N) is 1. The van der Waals surface area contributed by atoms with Crippen LogP contribution in [0.3, 0.4) is 0 Å². The number of hydrogen-bond donors (Lipinski definition) is 1. The van der Waals surface area contributed by atoms with Crippen LogP contribution in [-0.2, 0) is 19.6 Å². The van der Waals surface area contributed by atoms with E-state index in [4.69, 9.17) is 9.84 Å². The maximum Gasteiger partial charge on any atom is 0.345 e. The summed E-state index contributed by atoms with van der Waals surface area (Å²) in [5.74, 6) is -1.65. The molecule has 0 atom stereocenters. The van der Waals surface area contributed by atoms with Crippen LogP contribution in [0.25, 0.3) is 0 Å². The number of carboxylic acids is 1. The number of hydrogen-bond acceptors (Lipinski definition) is 6. The number of rotatable bonds is 7. The summed E-state index contributed by atoms with van der Waals surface area (Å²) in [6.45, 7) is 3.42. The van der Waals surface area contributed by atoms with Crippen molar-refractivity contribution in [1.82, 2.24) is 4.31 Å². The highest BCUT2D eigenvalue weighted by Crippen LogP contribution is 2.27. The number of carbonyl (C=O) groups excluding carboxylic acids is 1. The summed E-state index contributed by atoms with van der Waals surface area (Å²) >= 11 is 0.902. The number of ether oxygens (including phenoxy) is 1. The third-order valence-electron chi connectivity index (χ3n) is 2.71. The molecule has 0 radical (unpaired) electrons. The van der Waals surface area contributed by atoms with Gasteiger partial charge in [0.05, 0.1) is 17.9 Å². The fourth-order valence-electron chi connectivity index (χ4n) is 1.60. The molecule has 0 unspecified atom stereocenters. The summed E-state index contributed by atoms with van der Waals surface area (Å²) in [5.41, 5.74) is 0. The molecule has 0 amide bonds. The molecule has 0 aliphatic carbocycles. The van der Waals surface area contributed by atoms with Crippen molar-refractivity contribution in [1.29, 1.82) is 0 Å². The smallest absolute Gasteiger partial charge is 0.345 e. The third kappa shape index (κ3) is 4.26. The van der Waals surface area contributed by atoms with Crippen molar-refractivity contribution in [3.63, 3.8) is 0 Å². The lowest BCUT2D eigenvalue weighted by Gasteiger charge is -2.16. The number of carbonyl (C=O) groups is 2. The zero-order valence-electron chi connectivity index (χ0n) is 12.0. The average molecular weight is 335 g/mol. The summed E-state index contributed by atoms with van der Waals surface area (Å²) in [6, 6.07) is 1.14. The molecule has 1 N–H and O–H groups in total. The van der Waals surface area contributed by atoms with Crippen molar-refractivity contribution in [2.24, 2.45) is 0 Å². The van der Waals surface area contributed by atoms with E-state index in [0.29, 0.717) is 4.88 Å². The van der Waals surface area contributed by atoms with Crippen LogP contribution < -0.4 is 0 Å². The fraction of sp³-hybridized carbons (Fsp3) is 0.500. The largest absolute Gasteiger partial charge is 0.477 e. The number of sulfonamides is 1. The van der Waals surface area contributed by atoms with Crippen LogP contribution in [0.2, 0.25) is 0 Å². The van der Waals surface area contributed by atoms with E-state index in [9.17, 15) is 18.0 Å². The van der Waals surface area contributed by atoms with Gasteiger partial charge in [-0.15, -0.1) is 11.3 Å². The number of aromatic carboxylic acids is 1. The molecule has 1 aromatic heterocycles. The highest BCUT2D eigenvalue weighted by Gasteiger charge is 2.26. The molecule has 118 valence electrons. The first-order valence-corrected chi connectivity index (χ1v) is 8.41. The number of esters is 1. The van der Waals surface area contributed by atoms with E-state index in [0.717, 1.165) is 21.7 Å². The molecule has 0 aliphatic heterocycles. The molecule has 0 aliphatic rings. The van der Waals surface area contributed by atoms with E-state index in [1.54, 1.807) is 13.8 Å². The molecule has 0 aromatic carbocycles. The van der Waals surface area contributed by atoms with Crippen molar-refractivity contribution >= 4 is 33.3 Å². The highest BCUT2D eigenvalue weighted by atomic mass is 32.2. The monoisotopic (exact) mass is 335 g/mol. The molecule has 1 heterocycles. The quantitative estimate of drug-likeness (QED) is 0.754. The summed E-state index contributed by atoms with van der Waals surface area (Å²) < 4.78 is 30.4. The third-order valence-corrected chi connectivity index (χ3v) is 5.86. The summed E-state index contributed by atoms with van der Waals surface area (Å²) in [5, 5.41) is 8.90. The van der Waals surface area contributed by atoms with E-state index in [2.05, 4.69) is 0 Å². The van der Waals surface area contributed by atoms with Gasteiger partial charge in [-0.1, -0.05) is 0 Å². The SMILES string of the molecule is CCOC(=O)CCN(C)S(=O)(=O)c1cc(C(=O)O)sc1C. The van der Waals surface area contributed by atoms with Crippen LogP contribution in [0.5, 0.6) is 0 Å². The van der Waals surface area contributed by atoms with Crippen molar-refractivity contribution in [3.05, 3.63) is 15.8 Å². The Morgan fingerprint density at radius 1 is 1.43 bits per heavy atom. The van der Waals surface area contributed by atoms with Gasteiger partial charge in [0, 0.05) is 18.5 Å². The molecule has 7 nitrogen and oxygen atoms in total. The fourth-order valence-corrected chi connectivity index (χ4v) is 4.16. The standard InChI is InChI=1S/C12H17NO6S2/c1-4-19-11(14)5-6-13(3)21(17,18)10-7-9(12(15)16)20-8(10)2/h7H,4-6H2,1-3H3,(H,15,16).